The van der Waals surface area contributed by atoms with Crippen LogP contribution in [0.25, 0.3) is 16.7 Å². The van der Waals surface area contributed by atoms with Gasteiger partial charge >= 0.3 is 0 Å². The van der Waals surface area contributed by atoms with E-state index in [0.29, 0.717) is 29.5 Å². The lowest BCUT2D eigenvalue weighted by atomic mass is 10.1. The predicted molar refractivity (Wildman–Crippen MR) is 114 cm³/mol. The first-order valence-electron chi connectivity index (χ1n) is 9.90. The summed E-state index contributed by atoms with van der Waals surface area (Å²) in [6.45, 7) is 6.23. The zero-order valence-corrected chi connectivity index (χ0v) is 17.2. The first-order valence-corrected chi connectivity index (χ1v) is 9.90. The molecule has 0 spiro atoms. The second kappa shape index (κ2) is 8.36. The molecular formula is C22H24N6O2. The van der Waals surface area contributed by atoms with Crippen LogP contribution in [-0.4, -0.2) is 43.3 Å². The van der Waals surface area contributed by atoms with Crippen molar-refractivity contribution in [2.24, 2.45) is 0 Å². The van der Waals surface area contributed by atoms with E-state index in [4.69, 9.17) is 4.74 Å². The molecule has 4 rings (SSSR count). The molecule has 1 aromatic carbocycles. The molecule has 4 aromatic rings. The topological polar surface area (TPSA) is 97.7 Å². The summed E-state index contributed by atoms with van der Waals surface area (Å²) < 4.78 is 7.23. The van der Waals surface area contributed by atoms with Crippen LogP contribution in [0.3, 0.4) is 0 Å². The molecule has 3 aromatic heterocycles. The number of aromatic amines is 1. The van der Waals surface area contributed by atoms with Gasteiger partial charge in [0.05, 0.1) is 23.6 Å². The maximum atomic E-state index is 12.7. The Morgan fingerprint density at radius 1 is 1.27 bits per heavy atom. The summed E-state index contributed by atoms with van der Waals surface area (Å²) in [5.74, 6) is 0.858. The summed E-state index contributed by atoms with van der Waals surface area (Å²) in [7, 11) is 0. The number of rotatable bonds is 7. The Labute approximate surface area is 174 Å². The predicted octanol–water partition coefficient (Wildman–Crippen LogP) is 3.21. The van der Waals surface area contributed by atoms with E-state index in [1.807, 2.05) is 45.2 Å². The number of hydrogen-bond acceptors (Lipinski definition) is 5. The summed E-state index contributed by atoms with van der Waals surface area (Å²) in [5.41, 5.74) is 3.49. The number of carbonyl (C=O) groups excluding carboxylic acids is 1. The summed E-state index contributed by atoms with van der Waals surface area (Å²) in [4.78, 5) is 24.3. The van der Waals surface area contributed by atoms with Crippen LogP contribution in [-0.2, 0) is 6.42 Å². The lowest BCUT2D eigenvalue weighted by molar-refractivity contribution is 0.0953. The Morgan fingerprint density at radius 3 is 2.93 bits per heavy atom. The zero-order valence-electron chi connectivity index (χ0n) is 17.2. The second-order valence-electron chi connectivity index (χ2n) is 7.30. The van der Waals surface area contributed by atoms with Gasteiger partial charge in [-0.2, -0.15) is 5.10 Å². The SMILES string of the molecule is Cc1c(C(=O)NCCc2c[nH]c3ccccc23)cnn1-c1cc(OC(C)C)ncn1. The lowest BCUT2D eigenvalue weighted by Crippen LogP contribution is -2.26. The van der Waals surface area contributed by atoms with Gasteiger partial charge in [0.25, 0.3) is 5.91 Å². The molecule has 0 saturated heterocycles. The van der Waals surface area contributed by atoms with Crippen molar-refractivity contribution in [2.75, 3.05) is 6.54 Å². The van der Waals surface area contributed by atoms with Crippen LogP contribution in [0.5, 0.6) is 5.88 Å². The van der Waals surface area contributed by atoms with Crippen molar-refractivity contribution in [1.82, 2.24) is 30.0 Å². The number of amides is 1. The van der Waals surface area contributed by atoms with Crippen molar-refractivity contribution >= 4 is 16.8 Å². The van der Waals surface area contributed by atoms with Gasteiger partial charge in [-0.1, -0.05) is 18.2 Å². The van der Waals surface area contributed by atoms with Crippen LogP contribution < -0.4 is 10.1 Å². The second-order valence-corrected chi connectivity index (χ2v) is 7.30. The van der Waals surface area contributed by atoms with Crippen molar-refractivity contribution in [2.45, 2.75) is 33.3 Å². The lowest BCUT2D eigenvalue weighted by Gasteiger charge is -2.10. The average Bonchev–Trinajstić information content (AvgIpc) is 3.31. The largest absolute Gasteiger partial charge is 0.475 e. The van der Waals surface area contributed by atoms with Crippen molar-refractivity contribution < 1.29 is 9.53 Å². The number of hydrogen-bond donors (Lipinski definition) is 2. The van der Waals surface area contributed by atoms with E-state index in [0.717, 1.165) is 11.9 Å². The molecule has 30 heavy (non-hydrogen) atoms. The van der Waals surface area contributed by atoms with Gasteiger partial charge in [0, 0.05) is 29.7 Å². The van der Waals surface area contributed by atoms with Gasteiger partial charge in [0.15, 0.2) is 5.82 Å². The Morgan fingerprint density at radius 2 is 2.10 bits per heavy atom. The highest BCUT2D eigenvalue weighted by Crippen LogP contribution is 2.18. The number of para-hydroxylation sites is 1. The molecule has 8 nitrogen and oxygen atoms in total. The molecule has 0 unspecified atom stereocenters. The van der Waals surface area contributed by atoms with Gasteiger partial charge < -0.3 is 15.0 Å². The van der Waals surface area contributed by atoms with Crippen LogP contribution in [0.15, 0.2) is 49.1 Å². The number of ether oxygens (including phenoxy) is 1. The van der Waals surface area contributed by atoms with Crippen LogP contribution in [0.2, 0.25) is 0 Å². The van der Waals surface area contributed by atoms with Crippen molar-refractivity contribution in [3.05, 3.63) is 65.9 Å². The van der Waals surface area contributed by atoms with E-state index >= 15 is 0 Å². The third-order valence-corrected chi connectivity index (χ3v) is 4.81. The number of fused-ring (bicyclic) bond motifs is 1. The normalized spacial score (nSPS) is 11.2. The van der Waals surface area contributed by atoms with Gasteiger partial charge in [-0.05, 0) is 38.8 Å². The summed E-state index contributed by atoms with van der Waals surface area (Å²) in [6, 6.07) is 9.84. The molecule has 0 saturated carbocycles. The highest BCUT2D eigenvalue weighted by Gasteiger charge is 2.16. The van der Waals surface area contributed by atoms with Crippen LogP contribution in [0, 0.1) is 6.92 Å². The molecule has 0 radical (unpaired) electrons. The van der Waals surface area contributed by atoms with Crippen LogP contribution >= 0.6 is 0 Å². The monoisotopic (exact) mass is 404 g/mol. The van der Waals surface area contributed by atoms with Crippen molar-refractivity contribution in [3.63, 3.8) is 0 Å². The summed E-state index contributed by atoms with van der Waals surface area (Å²) in [5, 5.41) is 8.49. The van der Waals surface area contributed by atoms with Gasteiger partial charge in [0.2, 0.25) is 5.88 Å². The minimum absolute atomic E-state index is 0.00459. The van der Waals surface area contributed by atoms with E-state index in [1.165, 1.54) is 17.3 Å². The van der Waals surface area contributed by atoms with E-state index in [1.54, 1.807) is 16.9 Å². The minimum atomic E-state index is -0.161. The molecule has 1 amide bonds. The molecule has 3 heterocycles. The van der Waals surface area contributed by atoms with Crippen molar-refractivity contribution in [1.29, 1.82) is 0 Å². The van der Waals surface area contributed by atoms with E-state index in [-0.39, 0.29) is 12.0 Å². The first kappa shape index (κ1) is 19.6. The summed E-state index contributed by atoms with van der Waals surface area (Å²) >= 11 is 0. The summed E-state index contributed by atoms with van der Waals surface area (Å²) in [6.07, 6.45) is 5.72. The van der Waals surface area contributed by atoms with E-state index in [9.17, 15) is 4.79 Å². The van der Waals surface area contributed by atoms with E-state index in [2.05, 4.69) is 31.4 Å². The zero-order chi connectivity index (χ0) is 21.1. The third-order valence-electron chi connectivity index (χ3n) is 4.81. The molecule has 8 heteroatoms. The maximum Gasteiger partial charge on any atom is 0.254 e. The molecule has 0 bridgehead atoms. The van der Waals surface area contributed by atoms with Crippen LogP contribution in [0.1, 0.15) is 35.5 Å². The minimum Gasteiger partial charge on any atom is -0.475 e. The van der Waals surface area contributed by atoms with Crippen molar-refractivity contribution in [3.8, 4) is 11.7 Å². The molecule has 0 fully saturated rings. The number of nitrogens with one attached hydrogen (secondary N) is 2. The smallest absolute Gasteiger partial charge is 0.254 e. The Kier molecular flexibility index (Phi) is 5.47. The fourth-order valence-corrected chi connectivity index (χ4v) is 3.36. The quantitative estimate of drug-likeness (QED) is 0.493. The maximum absolute atomic E-state index is 12.7. The fraction of sp³-hybridized carbons (Fsp3) is 0.273. The Hall–Kier alpha value is -3.68. The molecule has 0 aliphatic rings. The molecule has 2 N–H and O–H groups in total. The standard InChI is InChI=1S/C22H24N6O2/c1-14(2)30-21-10-20(25-13-26-21)28-15(3)18(12-27-28)22(29)23-9-8-16-11-24-19-7-5-4-6-17(16)19/h4-7,10-14,24H,8-9H2,1-3H3,(H,23,29). The van der Waals surface area contributed by atoms with E-state index < -0.39 is 0 Å². The van der Waals surface area contributed by atoms with Gasteiger partial charge in [-0.25, -0.2) is 14.6 Å². The molecule has 0 aliphatic heterocycles. The van der Waals surface area contributed by atoms with Gasteiger partial charge in [-0.3, -0.25) is 4.79 Å². The number of nitrogens with zero attached hydrogens (tertiary/aromatic N) is 4. The first-order chi connectivity index (χ1) is 14.5. The molecular weight excluding hydrogens is 380 g/mol. The van der Waals surface area contributed by atoms with Gasteiger partial charge in [-0.15, -0.1) is 0 Å². The molecule has 0 atom stereocenters. The average molecular weight is 404 g/mol. The van der Waals surface area contributed by atoms with Gasteiger partial charge in [0.1, 0.15) is 6.33 Å². The Bertz CT molecular complexity index is 1180. The molecule has 0 aliphatic carbocycles. The Balaban J connectivity index is 1.43. The number of carbonyl (C=O) groups is 1. The number of benzene rings is 1. The highest BCUT2D eigenvalue weighted by molar-refractivity contribution is 5.95. The fourth-order valence-electron chi connectivity index (χ4n) is 3.36. The highest BCUT2D eigenvalue weighted by atomic mass is 16.5. The third kappa shape index (κ3) is 4.03. The number of H-pyrrole nitrogens is 1. The molecule has 154 valence electrons. The van der Waals surface area contributed by atoms with Crippen LogP contribution in [0.4, 0.5) is 0 Å². The number of aromatic nitrogens is 5.